The highest BCUT2D eigenvalue weighted by molar-refractivity contribution is 5.82. The largest absolute Gasteiger partial charge is 0.484 e. The molecule has 1 heterocycles. The molecule has 132 valence electrons. The molecule has 3 rings (SSSR count). The lowest BCUT2D eigenvalue weighted by molar-refractivity contribution is -0.123. The monoisotopic (exact) mass is 352 g/mol. The number of rotatable bonds is 7. The molecular formula is C19H17FN4O2. The van der Waals surface area contributed by atoms with Gasteiger partial charge in [0.2, 0.25) is 0 Å². The SMILES string of the molecule is O=C(COc1cccc(F)c1)N/N=C\c1cnn(Cc2ccccc2)c1. The van der Waals surface area contributed by atoms with Crippen LogP contribution in [0.3, 0.4) is 0 Å². The zero-order valence-corrected chi connectivity index (χ0v) is 13.9. The molecule has 0 aliphatic rings. The zero-order valence-electron chi connectivity index (χ0n) is 13.9. The first-order chi connectivity index (χ1) is 12.7. The molecule has 6 nitrogen and oxygen atoms in total. The predicted molar refractivity (Wildman–Crippen MR) is 95.4 cm³/mol. The van der Waals surface area contributed by atoms with Crippen molar-refractivity contribution < 1.29 is 13.9 Å². The number of carbonyl (C=O) groups excluding carboxylic acids is 1. The van der Waals surface area contributed by atoms with Crippen LogP contribution in [0.1, 0.15) is 11.1 Å². The molecule has 0 saturated heterocycles. The summed E-state index contributed by atoms with van der Waals surface area (Å²) < 4.78 is 20.0. The summed E-state index contributed by atoms with van der Waals surface area (Å²) in [4.78, 5) is 11.7. The summed E-state index contributed by atoms with van der Waals surface area (Å²) in [5.41, 5.74) is 4.25. The Hall–Kier alpha value is -3.48. The second kappa shape index (κ2) is 8.57. The molecule has 3 aromatic rings. The summed E-state index contributed by atoms with van der Waals surface area (Å²) >= 11 is 0. The van der Waals surface area contributed by atoms with E-state index in [0.29, 0.717) is 6.54 Å². The molecule has 0 atom stereocenters. The van der Waals surface area contributed by atoms with Gasteiger partial charge in [0.05, 0.1) is 19.0 Å². The van der Waals surface area contributed by atoms with E-state index in [1.807, 2.05) is 36.5 Å². The normalized spacial score (nSPS) is 10.8. The van der Waals surface area contributed by atoms with Crippen LogP contribution in [0.4, 0.5) is 4.39 Å². The minimum absolute atomic E-state index is 0.256. The molecule has 0 saturated carbocycles. The highest BCUT2D eigenvalue weighted by Crippen LogP contribution is 2.11. The third kappa shape index (κ3) is 5.27. The van der Waals surface area contributed by atoms with Gasteiger partial charge in [0.1, 0.15) is 11.6 Å². The number of hydrazone groups is 1. The Labute approximate surface area is 149 Å². The lowest BCUT2D eigenvalue weighted by Gasteiger charge is -2.04. The van der Waals surface area contributed by atoms with Crippen molar-refractivity contribution in [1.82, 2.24) is 15.2 Å². The first-order valence-corrected chi connectivity index (χ1v) is 7.96. The van der Waals surface area contributed by atoms with Gasteiger partial charge in [0.15, 0.2) is 6.61 Å². The van der Waals surface area contributed by atoms with Crippen molar-refractivity contribution in [2.24, 2.45) is 5.10 Å². The van der Waals surface area contributed by atoms with E-state index >= 15 is 0 Å². The van der Waals surface area contributed by atoms with Crippen molar-refractivity contribution in [1.29, 1.82) is 0 Å². The number of amides is 1. The van der Waals surface area contributed by atoms with Gasteiger partial charge in [0.25, 0.3) is 5.91 Å². The molecule has 1 aromatic heterocycles. The van der Waals surface area contributed by atoms with Gasteiger partial charge in [-0.05, 0) is 17.7 Å². The van der Waals surface area contributed by atoms with Crippen molar-refractivity contribution in [2.75, 3.05) is 6.61 Å². The summed E-state index contributed by atoms with van der Waals surface area (Å²) in [6.45, 7) is 0.399. The molecule has 0 fully saturated rings. The fraction of sp³-hybridized carbons (Fsp3) is 0.105. The molecule has 1 N–H and O–H groups in total. The summed E-state index contributed by atoms with van der Waals surface area (Å²) in [6, 6.07) is 15.5. The van der Waals surface area contributed by atoms with Crippen LogP contribution in [0.5, 0.6) is 5.75 Å². The smallest absolute Gasteiger partial charge is 0.277 e. The topological polar surface area (TPSA) is 68.5 Å². The van der Waals surface area contributed by atoms with Crippen LogP contribution in [-0.2, 0) is 11.3 Å². The van der Waals surface area contributed by atoms with Crippen molar-refractivity contribution in [3.63, 3.8) is 0 Å². The first kappa shape index (κ1) is 17.3. The number of nitrogens with zero attached hydrogens (tertiary/aromatic N) is 3. The van der Waals surface area contributed by atoms with Gasteiger partial charge in [-0.2, -0.15) is 10.2 Å². The van der Waals surface area contributed by atoms with Crippen molar-refractivity contribution in [3.05, 3.63) is 83.9 Å². The van der Waals surface area contributed by atoms with Crippen molar-refractivity contribution >= 4 is 12.1 Å². The van der Waals surface area contributed by atoms with Gasteiger partial charge >= 0.3 is 0 Å². The van der Waals surface area contributed by atoms with Crippen LogP contribution >= 0.6 is 0 Å². The lowest BCUT2D eigenvalue weighted by Crippen LogP contribution is -2.24. The van der Waals surface area contributed by atoms with Gasteiger partial charge in [-0.1, -0.05) is 36.4 Å². The summed E-state index contributed by atoms with van der Waals surface area (Å²) in [6.07, 6.45) is 4.97. The van der Waals surface area contributed by atoms with Gasteiger partial charge in [-0.3, -0.25) is 9.48 Å². The fourth-order valence-electron chi connectivity index (χ4n) is 2.22. The van der Waals surface area contributed by atoms with Crippen LogP contribution in [0.2, 0.25) is 0 Å². The van der Waals surface area contributed by atoms with E-state index in [9.17, 15) is 9.18 Å². The predicted octanol–water partition coefficient (Wildman–Crippen LogP) is 2.60. The Morgan fingerprint density at radius 3 is 2.88 bits per heavy atom. The van der Waals surface area contributed by atoms with Crippen LogP contribution in [0.15, 0.2) is 72.1 Å². The molecule has 0 radical (unpaired) electrons. The number of carbonyl (C=O) groups is 1. The highest BCUT2D eigenvalue weighted by atomic mass is 19.1. The number of halogens is 1. The molecule has 1 amide bonds. The Kier molecular flexibility index (Phi) is 5.72. The highest BCUT2D eigenvalue weighted by Gasteiger charge is 2.02. The fourth-order valence-corrected chi connectivity index (χ4v) is 2.22. The van der Waals surface area contributed by atoms with E-state index < -0.39 is 11.7 Å². The number of hydrogen-bond acceptors (Lipinski definition) is 4. The maximum Gasteiger partial charge on any atom is 0.277 e. The third-order valence-electron chi connectivity index (χ3n) is 3.41. The number of aromatic nitrogens is 2. The van der Waals surface area contributed by atoms with E-state index in [4.69, 9.17) is 4.74 Å². The van der Waals surface area contributed by atoms with E-state index in [0.717, 1.165) is 11.1 Å². The number of ether oxygens (including phenoxy) is 1. The Balaban J connectivity index is 1.45. The third-order valence-corrected chi connectivity index (χ3v) is 3.41. The number of benzene rings is 2. The second-order valence-electron chi connectivity index (χ2n) is 5.50. The van der Waals surface area contributed by atoms with E-state index in [1.54, 1.807) is 16.9 Å². The quantitative estimate of drug-likeness (QED) is 0.525. The molecule has 0 unspecified atom stereocenters. The van der Waals surface area contributed by atoms with Gasteiger partial charge in [0, 0.05) is 17.8 Å². The zero-order chi connectivity index (χ0) is 18.2. The standard InChI is InChI=1S/C19H17FN4O2/c20-17-7-4-8-18(9-17)26-14-19(25)23-21-10-16-11-22-24(13-16)12-15-5-2-1-3-6-15/h1-11,13H,12,14H2,(H,23,25)/b21-10-. The van der Waals surface area contributed by atoms with Crippen LogP contribution in [0, 0.1) is 5.82 Å². The second-order valence-corrected chi connectivity index (χ2v) is 5.50. The Bertz CT molecular complexity index is 893. The van der Waals surface area contributed by atoms with Gasteiger partial charge in [-0.25, -0.2) is 9.82 Å². The Morgan fingerprint density at radius 1 is 1.23 bits per heavy atom. The van der Waals surface area contributed by atoms with Crippen molar-refractivity contribution in [3.8, 4) is 5.75 Å². The molecule has 0 aliphatic heterocycles. The minimum atomic E-state index is -0.442. The van der Waals surface area contributed by atoms with E-state index in [-0.39, 0.29) is 12.4 Å². The number of hydrogen-bond donors (Lipinski definition) is 1. The maximum atomic E-state index is 13.0. The summed E-state index contributed by atoms with van der Waals surface area (Å²) in [5.74, 6) is -0.582. The molecule has 0 bridgehead atoms. The van der Waals surface area contributed by atoms with Crippen LogP contribution in [0.25, 0.3) is 0 Å². The average Bonchev–Trinajstić information content (AvgIpc) is 3.08. The van der Waals surface area contributed by atoms with E-state index in [1.165, 1.54) is 24.4 Å². The first-order valence-electron chi connectivity index (χ1n) is 7.96. The number of nitrogens with one attached hydrogen (secondary N) is 1. The summed E-state index contributed by atoms with van der Waals surface area (Å²) in [7, 11) is 0. The molecular weight excluding hydrogens is 335 g/mol. The van der Waals surface area contributed by atoms with Crippen LogP contribution in [-0.4, -0.2) is 28.5 Å². The van der Waals surface area contributed by atoms with Gasteiger partial charge < -0.3 is 4.74 Å². The maximum absolute atomic E-state index is 13.0. The molecule has 0 spiro atoms. The minimum Gasteiger partial charge on any atom is -0.484 e. The molecule has 0 aliphatic carbocycles. The lowest BCUT2D eigenvalue weighted by atomic mass is 10.2. The molecule has 26 heavy (non-hydrogen) atoms. The summed E-state index contributed by atoms with van der Waals surface area (Å²) in [5, 5.41) is 8.11. The molecule has 2 aromatic carbocycles. The van der Waals surface area contributed by atoms with Crippen molar-refractivity contribution in [2.45, 2.75) is 6.54 Å². The Morgan fingerprint density at radius 2 is 2.08 bits per heavy atom. The van der Waals surface area contributed by atoms with Crippen LogP contribution < -0.4 is 10.2 Å². The average molecular weight is 352 g/mol. The van der Waals surface area contributed by atoms with Gasteiger partial charge in [-0.15, -0.1) is 0 Å². The van der Waals surface area contributed by atoms with E-state index in [2.05, 4.69) is 15.6 Å². The molecule has 7 heteroatoms.